The van der Waals surface area contributed by atoms with E-state index in [1.165, 1.54) is 0 Å². The number of fused-ring (bicyclic) bond motifs is 1. The highest BCUT2D eigenvalue weighted by atomic mass is 35.5. The summed E-state index contributed by atoms with van der Waals surface area (Å²) in [5, 5.41) is 3.26. The molecule has 0 saturated carbocycles. The van der Waals surface area contributed by atoms with Gasteiger partial charge >= 0.3 is 0 Å². The molecule has 1 amide bonds. The minimum Gasteiger partial charge on any atom is -0.304 e. The van der Waals surface area contributed by atoms with Gasteiger partial charge in [0, 0.05) is 42.8 Å². The molecule has 1 aliphatic heterocycles. The summed E-state index contributed by atoms with van der Waals surface area (Å²) in [6, 6.07) is 12.8. The van der Waals surface area contributed by atoms with Gasteiger partial charge in [-0.05, 0) is 43.4 Å². The summed E-state index contributed by atoms with van der Waals surface area (Å²) < 4.78 is 0. The second-order valence-corrected chi connectivity index (χ2v) is 7.10. The summed E-state index contributed by atoms with van der Waals surface area (Å²) in [4.78, 5) is 24.3. The molecular weight excluding hydrogens is 362 g/mol. The first-order chi connectivity index (χ1) is 13.1. The van der Waals surface area contributed by atoms with E-state index in [9.17, 15) is 4.79 Å². The van der Waals surface area contributed by atoms with Crippen LogP contribution in [0.3, 0.4) is 0 Å². The lowest BCUT2D eigenvalue weighted by Crippen LogP contribution is -2.52. The third-order valence-corrected chi connectivity index (χ3v) is 4.94. The first-order valence-corrected chi connectivity index (χ1v) is 9.24. The molecule has 0 atom stereocenters. The number of carbonyl (C=O) groups excluding carboxylic acids is 1. The molecule has 1 aromatic carbocycles. The number of halogens is 1. The van der Waals surface area contributed by atoms with Crippen LogP contribution in [0.1, 0.15) is 10.4 Å². The Labute approximate surface area is 162 Å². The Morgan fingerprint density at radius 3 is 2.63 bits per heavy atom. The molecule has 138 valence electrons. The first-order valence-electron chi connectivity index (χ1n) is 8.86. The number of hydrogen-bond acceptors (Lipinski definition) is 5. The molecule has 6 nitrogen and oxygen atoms in total. The Kier molecular flexibility index (Phi) is 5.03. The van der Waals surface area contributed by atoms with Gasteiger partial charge in [0.05, 0.1) is 22.5 Å². The number of rotatable bonds is 3. The fraction of sp³-hybridized carbons (Fsp3) is 0.250. The van der Waals surface area contributed by atoms with Crippen LogP contribution in [-0.4, -0.2) is 59.0 Å². The van der Waals surface area contributed by atoms with Crippen molar-refractivity contribution in [1.82, 2.24) is 25.3 Å². The van der Waals surface area contributed by atoms with E-state index in [-0.39, 0.29) is 5.91 Å². The van der Waals surface area contributed by atoms with Crippen molar-refractivity contribution < 1.29 is 4.79 Å². The topological polar surface area (TPSA) is 61.4 Å². The van der Waals surface area contributed by atoms with E-state index in [2.05, 4.69) is 27.3 Å². The molecule has 0 aliphatic carbocycles. The number of hydrogen-bond donors (Lipinski definition) is 1. The lowest BCUT2D eigenvalue weighted by atomic mass is 10.1. The van der Waals surface area contributed by atoms with Gasteiger partial charge in [-0.25, -0.2) is 9.99 Å². The van der Waals surface area contributed by atoms with Crippen molar-refractivity contribution in [3.8, 4) is 11.4 Å². The molecule has 3 aromatic rings. The Morgan fingerprint density at radius 1 is 1.07 bits per heavy atom. The van der Waals surface area contributed by atoms with Crippen molar-refractivity contribution in [2.45, 2.75) is 0 Å². The van der Waals surface area contributed by atoms with Gasteiger partial charge in [0.1, 0.15) is 0 Å². The van der Waals surface area contributed by atoms with E-state index < -0.39 is 0 Å². The number of aromatic nitrogens is 2. The van der Waals surface area contributed by atoms with Gasteiger partial charge in [-0.1, -0.05) is 17.7 Å². The Morgan fingerprint density at radius 2 is 1.89 bits per heavy atom. The van der Waals surface area contributed by atoms with Gasteiger partial charge in [-0.2, -0.15) is 0 Å². The predicted octanol–water partition coefficient (Wildman–Crippen LogP) is 2.84. The maximum absolute atomic E-state index is 13.0. The molecule has 1 saturated heterocycles. The van der Waals surface area contributed by atoms with Gasteiger partial charge in [-0.3, -0.25) is 15.2 Å². The van der Waals surface area contributed by atoms with Crippen molar-refractivity contribution in [2.75, 3.05) is 33.2 Å². The highest BCUT2D eigenvalue weighted by Gasteiger charge is 2.19. The second-order valence-electron chi connectivity index (χ2n) is 6.66. The van der Waals surface area contributed by atoms with Gasteiger partial charge in [-0.15, -0.1) is 0 Å². The lowest BCUT2D eigenvalue weighted by molar-refractivity contribution is 0.0664. The molecule has 3 heterocycles. The number of hydrazine groups is 1. The molecule has 27 heavy (non-hydrogen) atoms. The fourth-order valence-electron chi connectivity index (χ4n) is 3.15. The summed E-state index contributed by atoms with van der Waals surface area (Å²) in [5.74, 6) is -0.161. The molecule has 0 bridgehead atoms. The average molecular weight is 382 g/mol. The molecule has 0 spiro atoms. The third kappa shape index (κ3) is 3.93. The zero-order valence-electron chi connectivity index (χ0n) is 15.0. The Balaban J connectivity index is 1.73. The molecule has 1 fully saturated rings. The molecule has 0 unspecified atom stereocenters. The standard InChI is InChI=1S/C20H20ClN5O/c1-25-8-10-26(11-9-25)24-20(27)16-13-19(18-4-2-3-7-22-18)23-17-6-5-14(21)12-15(16)17/h2-7,12-13H,8-11H2,1H3,(H,24,27). The average Bonchev–Trinajstić information content (AvgIpc) is 2.69. The van der Waals surface area contributed by atoms with E-state index >= 15 is 0 Å². The van der Waals surface area contributed by atoms with Crippen LogP contribution in [0.5, 0.6) is 0 Å². The number of amides is 1. The van der Waals surface area contributed by atoms with Crippen LogP contribution in [0.15, 0.2) is 48.7 Å². The molecule has 1 N–H and O–H groups in total. The highest BCUT2D eigenvalue weighted by Crippen LogP contribution is 2.26. The van der Waals surface area contributed by atoms with Gasteiger partial charge in [0.25, 0.3) is 5.91 Å². The minimum atomic E-state index is -0.161. The van der Waals surface area contributed by atoms with E-state index in [0.29, 0.717) is 21.8 Å². The van der Waals surface area contributed by atoms with Crippen LogP contribution < -0.4 is 5.43 Å². The third-order valence-electron chi connectivity index (χ3n) is 4.71. The van der Waals surface area contributed by atoms with Gasteiger partial charge < -0.3 is 4.90 Å². The van der Waals surface area contributed by atoms with Crippen molar-refractivity contribution in [3.05, 3.63) is 59.2 Å². The fourth-order valence-corrected chi connectivity index (χ4v) is 3.33. The predicted molar refractivity (Wildman–Crippen MR) is 107 cm³/mol. The lowest BCUT2D eigenvalue weighted by Gasteiger charge is -2.32. The van der Waals surface area contributed by atoms with Gasteiger partial charge in [0.15, 0.2) is 0 Å². The zero-order chi connectivity index (χ0) is 18.8. The van der Waals surface area contributed by atoms with Crippen LogP contribution in [-0.2, 0) is 0 Å². The van der Waals surface area contributed by atoms with E-state index in [0.717, 1.165) is 37.3 Å². The number of pyridine rings is 2. The Bertz CT molecular complexity index is 971. The number of piperazine rings is 1. The first kappa shape index (κ1) is 17.9. The van der Waals surface area contributed by atoms with E-state index in [4.69, 9.17) is 11.6 Å². The SMILES string of the molecule is CN1CCN(NC(=O)c2cc(-c3ccccn3)nc3ccc(Cl)cc23)CC1. The second kappa shape index (κ2) is 7.60. The number of carbonyl (C=O) groups is 1. The van der Waals surface area contributed by atoms with Crippen LogP contribution in [0.25, 0.3) is 22.3 Å². The molecule has 4 rings (SSSR count). The maximum atomic E-state index is 13.0. The number of nitrogens with zero attached hydrogens (tertiary/aromatic N) is 4. The summed E-state index contributed by atoms with van der Waals surface area (Å²) in [7, 11) is 2.08. The van der Waals surface area contributed by atoms with Crippen LogP contribution >= 0.6 is 11.6 Å². The molecule has 7 heteroatoms. The van der Waals surface area contributed by atoms with E-state index in [1.807, 2.05) is 29.3 Å². The number of nitrogens with one attached hydrogen (secondary N) is 1. The van der Waals surface area contributed by atoms with E-state index in [1.54, 1.807) is 24.4 Å². The van der Waals surface area contributed by atoms with Crippen molar-refractivity contribution >= 4 is 28.4 Å². The smallest absolute Gasteiger partial charge is 0.266 e. The largest absolute Gasteiger partial charge is 0.304 e. The van der Waals surface area contributed by atoms with Crippen LogP contribution in [0.4, 0.5) is 0 Å². The van der Waals surface area contributed by atoms with Crippen LogP contribution in [0, 0.1) is 0 Å². The molecular formula is C20H20ClN5O. The Hall–Kier alpha value is -2.54. The van der Waals surface area contributed by atoms with Crippen molar-refractivity contribution in [2.24, 2.45) is 0 Å². The highest BCUT2D eigenvalue weighted by molar-refractivity contribution is 6.31. The maximum Gasteiger partial charge on any atom is 0.266 e. The van der Waals surface area contributed by atoms with Gasteiger partial charge in [0.2, 0.25) is 0 Å². The molecule has 0 radical (unpaired) electrons. The number of likely N-dealkylation sites (N-methyl/N-ethyl adjacent to an activating group) is 1. The van der Waals surface area contributed by atoms with Crippen molar-refractivity contribution in [1.29, 1.82) is 0 Å². The quantitative estimate of drug-likeness (QED) is 0.756. The zero-order valence-corrected chi connectivity index (χ0v) is 15.8. The van der Waals surface area contributed by atoms with Crippen molar-refractivity contribution in [3.63, 3.8) is 0 Å². The molecule has 2 aromatic heterocycles. The van der Waals surface area contributed by atoms with Crippen LogP contribution in [0.2, 0.25) is 5.02 Å². The summed E-state index contributed by atoms with van der Waals surface area (Å²) >= 11 is 6.17. The summed E-state index contributed by atoms with van der Waals surface area (Å²) in [6.07, 6.45) is 1.72. The minimum absolute atomic E-state index is 0.161. The summed E-state index contributed by atoms with van der Waals surface area (Å²) in [6.45, 7) is 3.42. The molecule has 1 aliphatic rings. The monoisotopic (exact) mass is 381 g/mol. The summed E-state index contributed by atoms with van der Waals surface area (Å²) in [5.41, 5.74) is 5.67. The number of benzene rings is 1. The normalized spacial score (nSPS) is 15.8.